The maximum Gasteiger partial charge on any atom is 0.293 e. The zero-order valence-corrected chi connectivity index (χ0v) is 16.2. The molecule has 28 heavy (non-hydrogen) atoms. The van der Waals surface area contributed by atoms with Crippen LogP contribution in [0, 0.1) is 10.1 Å². The average molecular weight is 384 g/mol. The van der Waals surface area contributed by atoms with E-state index in [1.54, 1.807) is 24.3 Å². The zero-order chi connectivity index (χ0) is 20.3. The van der Waals surface area contributed by atoms with E-state index in [0.29, 0.717) is 28.9 Å². The third-order valence-electron chi connectivity index (χ3n) is 4.99. The Balaban J connectivity index is 2.18. The van der Waals surface area contributed by atoms with Crippen LogP contribution in [-0.2, 0) is 0 Å². The highest BCUT2D eigenvalue weighted by Gasteiger charge is 2.20. The van der Waals surface area contributed by atoms with Gasteiger partial charge in [0.15, 0.2) is 5.43 Å². The van der Waals surface area contributed by atoms with Crippen molar-refractivity contribution in [1.82, 2.24) is 9.88 Å². The minimum atomic E-state index is -0.487. The van der Waals surface area contributed by atoms with Crippen LogP contribution < -0.4 is 15.5 Å². The summed E-state index contributed by atoms with van der Waals surface area (Å²) in [6.07, 6.45) is 0. The van der Waals surface area contributed by atoms with Crippen molar-refractivity contribution in [1.29, 1.82) is 0 Å². The third kappa shape index (κ3) is 3.50. The van der Waals surface area contributed by atoms with Crippen LogP contribution in [0.3, 0.4) is 0 Å². The van der Waals surface area contributed by atoms with Crippen molar-refractivity contribution in [3.05, 3.63) is 50.7 Å². The van der Waals surface area contributed by atoms with Crippen LogP contribution >= 0.6 is 0 Å². The smallest absolute Gasteiger partial charge is 0.293 e. The Bertz CT molecular complexity index is 1070. The normalized spacial score (nSPS) is 11.3. The topological polar surface area (TPSA) is 100 Å². The first-order valence-corrected chi connectivity index (χ1v) is 9.28. The largest absolute Gasteiger partial charge is 0.495 e. The number of non-ortho nitro benzene ring substituents is 1. The number of methoxy groups -OCH3 is 1. The number of para-hydroxylation sites is 1. The lowest BCUT2D eigenvalue weighted by Crippen LogP contribution is -2.28. The molecule has 0 aliphatic heterocycles. The third-order valence-corrected chi connectivity index (χ3v) is 4.99. The van der Waals surface area contributed by atoms with Crippen LogP contribution in [0.25, 0.3) is 21.8 Å². The molecule has 1 heterocycles. The van der Waals surface area contributed by atoms with Gasteiger partial charge in [-0.15, -0.1) is 0 Å². The van der Waals surface area contributed by atoms with Gasteiger partial charge in [0.25, 0.3) is 5.69 Å². The van der Waals surface area contributed by atoms with Gasteiger partial charge < -0.3 is 19.9 Å². The van der Waals surface area contributed by atoms with E-state index >= 15 is 0 Å². The van der Waals surface area contributed by atoms with Crippen molar-refractivity contribution >= 4 is 33.2 Å². The molecule has 2 N–H and O–H groups in total. The van der Waals surface area contributed by atoms with E-state index < -0.39 is 4.92 Å². The van der Waals surface area contributed by atoms with Gasteiger partial charge >= 0.3 is 0 Å². The number of hydrogen-bond donors (Lipinski definition) is 2. The van der Waals surface area contributed by atoms with Crippen LogP contribution in [0.15, 0.2) is 35.1 Å². The Hall–Kier alpha value is -3.13. The fourth-order valence-electron chi connectivity index (χ4n) is 3.42. The summed E-state index contributed by atoms with van der Waals surface area (Å²) in [5.41, 5.74) is 0.815. The molecule has 0 spiro atoms. The number of aromatic nitrogens is 1. The highest BCUT2D eigenvalue weighted by atomic mass is 16.6. The Morgan fingerprint density at radius 3 is 2.57 bits per heavy atom. The van der Waals surface area contributed by atoms with Gasteiger partial charge in [0.1, 0.15) is 11.3 Å². The molecule has 0 saturated heterocycles. The number of pyridine rings is 1. The van der Waals surface area contributed by atoms with Gasteiger partial charge in [0.2, 0.25) is 0 Å². The van der Waals surface area contributed by atoms with E-state index in [1.807, 2.05) is 0 Å². The first-order valence-electron chi connectivity index (χ1n) is 9.28. The standard InChI is InChI=1S/C20H24N4O4/c1-4-23(5-2)12-11-21-14-9-10-15(24(26)27)19-17(14)20(25)13-7-6-8-16(28-3)18(13)22-19/h6-10,21H,4-5,11-12H2,1-3H3,(H,22,25). The number of H-pyrrole nitrogens is 1. The summed E-state index contributed by atoms with van der Waals surface area (Å²) in [5.74, 6) is 0.464. The van der Waals surface area contributed by atoms with E-state index in [1.165, 1.54) is 13.2 Å². The summed E-state index contributed by atoms with van der Waals surface area (Å²) in [4.78, 5) is 29.6. The van der Waals surface area contributed by atoms with Gasteiger partial charge in [0, 0.05) is 30.2 Å². The van der Waals surface area contributed by atoms with Gasteiger partial charge in [0.05, 0.1) is 22.9 Å². The number of fused-ring (bicyclic) bond motifs is 2. The molecule has 8 nitrogen and oxygen atoms in total. The lowest BCUT2D eigenvalue weighted by Gasteiger charge is -2.19. The number of rotatable bonds is 8. The number of likely N-dealkylation sites (N-methyl/N-ethyl adjacent to an activating group) is 1. The number of nitrogens with one attached hydrogen (secondary N) is 2. The van der Waals surface area contributed by atoms with Gasteiger partial charge in [-0.05, 0) is 31.3 Å². The van der Waals surface area contributed by atoms with Gasteiger partial charge in [-0.1, -0.05) is 19.9 Å². The molecule has 3 rings (SSSR count). The molecule has 0 atom stereocenters. The Labute approximate surface area is 162 Å². The Morgan fingerprint density at radius 1 is 1.18 bits per heavy atom. The Kier molecular flexibility index (Phi) is 5.79. The fourth-order valence-corrected chi connectivity index (χ4v) is 3.42. The predicted molar refractivity (Wildman–Crippen MR) is 112 cm³/mol. The number of anilines is 1. The monoisotopic (exact) mass is 384 g/mol. The SMILES string of the molecule is CCN(CC)CCNc1ccc([N+](=O)[O-])c2[nH]c3c(OC)cccc3c(=O)c12. The van der Waals surface area contributed by atoms with E-state index in [2.05, 4.69) is 29.0 Å². The summed E-state index contributed by atoms with van der Waals surface area (Å²) in [6, 6.07) is 8.15. The van der Waals surface area contributed by atoms with E-state index in [9.17, 15) is 14.9 Å². The maximum atomic E-state index is 13.2. The van der Waals surface area contributed by atoms with Gasteiger partial charge in [-0.25, -0.2) is 0 Å². The molecular formula is C20H24N4O4. The van der Waals surface area contributed by atoms with Crippen LogP contribution in [0.2, 0.25) is 0 Å². The first kappa shape index (κ1) is 19.6. The first-order chi connectivity index (χ1) is 13.5. The number of hydrogen-bond acceptors (Lipinski definition) is 6. The number of nitrogens with zero attached hydrogens (tertiary/aromatic N) is 2. The fraction of sp³-hybridized carbons (Fsp3) is 0.350. The van der Waals surface area contributed by atoms with E-state index in [4.69, 9.17) is 4.74 Å². The molecule has 0 unspecified atom stereocenters. The molecule has 0 aliphatic carbocycles. The molecular weight excluding hydrogens is 360 g/mol. The molecule has 2 aromatic carbocycles. The maximum absolute atomic E-state index is 13.2. The number of nitro benzene ring substituents is 1. The van der Waals surface area contributed by atoms with Crippen LogP contribution in [0.5, 0.6) is 5.75 Å². The van der Waals surface area contributed by atoms with Gasteiger partial charge in [-0.2, -0.15) is 0 Å². The van der Waals surface area contributed by atoms with Crippen LogP contribution in [-0.4, -0.2) is 48.1 Å². The molecule has 8 heteroatoms. The van der Waals surface area contributed by atoms with Crippen molar-refractivity contribution in [2.24, 2.45) is 0 Å². The second kappa shape index (κ2) is 8.26. The summed E-state index contributed by atoms with van der Waals surface area (Å²) in [6.45, 7) is 7.49. The van der Waals surface area contributed by atoms with Crippen LogP contribution in [0.4, 0.5) is 11.4 Å². The van der Waals surface area contributed by atoms with Crippen molar-refractivity contribution in [3.8, 4) is 5.75 Å². The molecule has 0 amide bonds. The summed E-state index contributed by atoms with van der Waals surface area (Å²) in [7, 11) is 1.50. The second-order valence-corrected chi connectivity index (χ2v) is 6.43. The molecule has 0 aliphatic rings. The highest BCUT2D eigenvalue weighted by molar-refractivity contribution is 6.04. The zero-order valence-electron chi connectivity index (χ0n) is 16.2. The average Bonchev–Trinajstić information content (AvgIpc) is 2.70. The van der Waals surface area contributed by atoms with Crippen molar-refractivity contribution in [2.75, 3.05) is 38.6 Å². The van der Waals surface area contributed by atoms with Crippen molar-refractivity contribution < 1.29 is 9.66 Å². The predicted octanol–water partition coefficient (Wildman–Crippen LogP) is 3.35. The number of ether oxygens (including phenoxy) is 1. The molecule has 1 aromatic heterocycles. The quantitative estimate of drug-likeness (QED) is 0.351. The lowest BCUT2D eigenvalue weighted by atomic mass is 10.1. The van der Waals surface area contributed by atoms with Gasteiger partial charge in [-0.3, -0.25) is 14.9 Å². The molecule has 0 fully saturated rings. The number of benzene rings is 2. The van der Waals surface area contributed by atoms with Crippen molar-refractivity contribution in [2.45, 2.75) is 13.8 Å². The molecule has 148 valence electrons. The second-order valence-electron chi connectivity index (χ2n) is 6.43. The number of aromatic amines is 1. The molecule has 3 aromatic rings. The van der Waals surface area contributed by atoms with E-state index in [-0.39, 0.29) is 22.0 Å². The minimum Gasteiger partial charge on any atom is -0.495 e. The lowest BCUT2D eigenvalue weighted by molar-refractivity contribution is -0.383. The molecule has 0 radical (unpaired) electrons. The van der Waals surface area contributed by atoms with Crippen molar-refractivity contribution in [3.63, 3.8) is 0 Å². The number of nitro groups is 1. The summed E-state index contributed by atoms with van der Waals surface area (Å²) >= 11 is 0. The van der Waals surface area contributed by atoms with E-state index in [0.717, 1.165) is 19.6 Å². The Morgan fingerprint density at radius 2 is 1.93 bits per heavy atom. The van der Waals surface area contributed by atoms with Crippen LogP contribution in [0.1, 0.15) is 13.8 Å². The summed E-state index contributed by atoms with van der Waals surface area (Å²) < 4.78 is 5.32. The molecule has 0 saturated carbocycles. The minimum absolute atomic E-state index is 0.144. The molecule has 0 bridgehead atoms. The summed E-state index contributed by atoms with van der Waals surface area (Å²) in [5, 5.41) is 15.5. The highest BCUT2D eigenvalue weighted by Crippen LogP contribution is 2.32.